The monoisotopic (exact) mass is 186 g/mol. The van der Waals surface area contributed by atoms with E-state index in [4.69, 9.17) is 11.6 Å². The van der Waals surface area contributed by atoms with Gasteiger partial charge < -0.3 is 4.57 Å². The Labute approximate surface area is 78.6 Å². The Morgan fingerprint density at radius 3 is 2.00 bits per heavy atom. The molecular weight excluding hydrogens is 172 g/mol. The highest BCUT2D eigenvalue weighted by Crippen LogP contribution is 2.28. The number of hydrogen-bond acceptors (Lipinski definition) is 1. The third-order valence-corrected chi connectivity index (χ3v) is 2.39. The van der Waals surface area contributed by atoms with Gasteiger partial charge in [-0.25, -0.2) is 4.98 Å². The Hall–Kier alpha value is -0.500. The number of nitrogens with zero attached hydrogens (tertiary/aromatic N) is 2. The SMILES string of the molecule is Cc1nc(C(C)(C)C)c(Cl)n1C. The Morgan fingerprint density at radius 2 is 1.83 bits per heavy atom. The zero-order chi connectivity index (χ0) is 9.52. The fraction of sp³-hybridized carbons (Fsp3) is 0.667. The van der Waals surface area contributed by atoms with E-state index in [0.717, 1.165) is 16.7 Å². The van der Waals surface area contributed by atoms with Crippen molar-refractivity contribution < 1.29 is 0 Å². The molecule has 3 heteroatoms. The first-order chi connectivity index (χ1) is 5.34. The fourth-order valence-electron chi connectivity index (χ4n) is 1.06. The molecule has 0 spiro atoms. The Kier molecular flexibility index (Phi) is 2.21. The van der Waals surface area contributed by atoms with Crippen LogP contribution in [0.3, 0.4) is 0 Å². The second kappa shape index (κ2) is 2.77. The van der Waals surface area contributed by atoms with Gasteiger partial charge in [0.25, 0.3) is 0 Å². The molecule has 0 aliphatic carbocycles. The summed E-state index contributed by atoms with van der Waals surface area (Å²) in [6, 6.07) is 0. The maximum Gasteiger partial charge on any atom is 0.132 e. The maximum absolute atomic E-state index is 6.10. The van der Waals surface area contributed by atoms with Gasteiger partial charge in [0.05, 0.1) is 5.69 Å². The molecular formula is C9H15ClN2. The van der Waals surface area contributed by atoms with Gasteiger partial charge in [0.2, 0.25) is 0 Å². The predicted molar refractivity (Wildman–Crippen MR) is 51.7 cm³/mol. The molecule has 0 aromatic carbocycles. The fourth-order valence-corrected chi connectivity index (χ4v) is 1.51. The van der Waals surface area contributed by atoms with Gasteiger partial charge in [-0.3, -0.25) is 0 Å². The summed E-state index contributed by atoms with van der Waals surface area (Å²) < 4.78 is 1.90. The van der Waals surface area contributed by atoms with Crippen molar-refractivity contribution in [3.63, 3.8) is 0 Å². The van der Waals surface area contributed by atoms with Crippen molar-refractivity contribution >= 4 is 11.6 Å². The van der Waals surface area contributed by atoms with E-state index < -0.39 is 0 Å². The summed E-state index contributed by atoms with van der Waals surface area (Å²) >= 11 is 6.10. The Balaban J connectivity index is 3.28. The van der Waals surface area contributed by atoms with E-state index in [2.05, 4.69) is 25.8 Å². The van der Waals surface area contributed by atoms with Crippen molar-refractivity contribution in [3.8, 4) is 0 Å². The summed E-state index contributed by atoms with van der Waals surface area (Å²) in [5.74, 6) is 0.963. The molecule has 1 aromatic rings. The molecule has 0 unspecified atom stereocenters. The van der Waals surface area contributed by atoms with Gasteiger partial charge in [0.1, 0.15) is 11.0 Å². The first-order valence-electron chi connectivity index (χ1n) is 4.03. The van der Waals surface area contributed by atoms with E-state index in [1.807, 2.05) is 18.5 Å². The molecule has 0 aliphatic heterocycles. The van der Waals surface area contributed by atoms with Crippen molar-refractivity contribution in [1.29, 1.82) is 0 Å². The summed E-state index contributed by atoms with van der Waals surface area (Å²) in [7, 11) is 1.93. The summed E-state index contributed by atoms with van der Waals surface area (Å²) in [4.78, 5) is 4.41. The topological polar surface area (TPSA) is 17.8 Å². The number of halogens is 1. The standard InChI is InChI=1S/C9H15ClN2/c1-6-11-7(9(2,3)4)8(10)12(6)5/h1-5H3. The lowest BCUT2D eigenvalue weighted by Gasteiger charge is -2.15. The van der Waals surface area contributed by atoms with Crippen LogP contribution in [0.2, 0.25) is 5.15 Å². The predicted octanol–water partition coefficient (Wildman–Crippen LogP) is 2.68. The van der Waals surface area contributed by atoms with Crippen LogP contribution < -0.4 is 0 Å². The van der Waals surface area contributed by atoms with Crippen LogP contribution in [0.4, 0.5) is 0 Å². The summed E-state index contributed by atoms with van der Waals surface area (Å²) in [6.45, 7) is 8.29. The van der Waals surface area contributed by atoms with Crippen molar-refractivity contribution in [3.05, 3.63) is 16.7 Å². The van der Waals surface area contributed by atoms with Crippen molar-refractivity contribution in [2.24, 2.45) is 7.05 Å². The smallest absolute Gasteiger partial charge is 0.132 e. The summed E-state index contributed by atoms with van der Waals surface area (Å²) in [5.41, 5.74) is 1.01. The van der Waals surface area contributed by atoms with Gasteiger partial charge in [0.15, 0.2) is 0 Å². The highest BCUT2D eigenvalue weighted by atomic mass is 35.5. The molecule has 12 heavy (non-hydrogen) atoms. The van der Waals surface area contributed by atoms with Crippen LogP contribution >= 0.6 is 11.6 Å². The first-order valence-corrected chi connectivity index (χ1v) is 4.41. The summed E-state index contributed by atoms with van der Waals surface area (Å²) in [6.07, 6.45) is 0. The van der Waals surface area contributed by atoms with Crippen LogP contribution in [-0.4, -0.2) is 9.55 Å². The lowest BCUT2D eigenvalue weighted by Crippen LogP contribution is -2.12. The van der Waals surface area contributed by atoms with Gasteiger partial charge >= 0.3 is 0 Å². The van der Waals surface area contributed by atoms with Gasteiger partial charge in [-0.15, -0.1) is 0 Å². The number of aromatic nitrogens is 2. The molecule has 1 rings (SSSR count). The number of rotatable bonds is 0. The second-order valence-electron chi connectivity index (χ2n) is 4.11. The maximum atomic E-state index is 6.10. The minimum absolute atomic E-state index is 0.0309. The molecule has 0 saturated heterocycles. The number of hydrogen-bond donors (Lipinski definition) is 0. The number of aryl methyl sites for hydroxylation is 1. The first kappa shape index (κ1) is 9.59. The molecule has 0 N–H and O–H groups in total. The zero-order valence-corrected chi connectivity index (χ0v) is 9.03. The molecule has 0 fully saturated rings. The molecule has 0 radical (unpaired) electrons. The Morgan fingerprint density at radius 1 is 1.33 bits per heavy atom. The van der Waals surface area contributed by atoms with Crippen LogP contribution in [0, 0.1) is 6.92 Å². The van der Waals surface area contributed by atoms with Crippen LogP contribution in [0.25, 0.3) is 0 Å². The highest BCUT2D eigenvalue weighted by molar-refractivity contribution is 6.30. The minimum Gasteiger partial charge on any atom is -0.322 e. The average Bonchev–Trinajstić information content (AvgIpc) is 2.15. The average molecular weight is 187 g/mol. The lowest BCUT2D eigenvalue weighted by molar-refractivity contribution is 0.571. The molecule has 0 aliphatic rings. The zero-order valence-electron chi connectivity index (χ0n) is 8.27. The van der Waals surface area contributed by atoms with Gasteiger partial charge in [-0.1, -0.05) is 32.4 Å². The van der Waals surface area contributed by atoms with E-state index >= 15 is 0 Å². The van der Waals surface area contributed by atoms with Crippen molar-refractivity contribution in [2.75, 3.05) is 0 Å². The minimum atomic E-state index is 0.0309. The molecule has 2 nitrogen and oxygen atoms in total. The van der Waals surface area contributed by atoms with E-state index in [1.165, 1.54) is 0 Å². The number of imidazole rings is 1. The molecule has 0 atom stereocenters. The Bertz CT molecular complexity index is 294. The lowest BCUT2D eigenvalue weighted by atomic mass is 9.93. The molecule has 0 bridgehead atoms. The molecule has 0 amide bonds. The van der Waals surface area contributed by atoms with Crippen molar-refractivity contribution in [2.45, 2.75) is 33.1 Å². The van der Waals surface area contributed by atoms with E-state index in [-0.39, 0.29) is 5.41 Å². The van der Waals surface area contributed by atoms with Gasteiger partial charge in [-0.05, 0) is 6.92 Å². The van der Waals surface area contributed by atoms with E-state index in [1.54, 1.807) is 0 Å². The van der Waals surface area contributed by atoms with Crippen LogP contribution in [-0.2, 0) is 12.5 Å². The van der Waals surface area contributed by atoms with E-state index in [9.17, 15) is 0 Å². The third-order valence-electron chi connectivity index (χ3n) is 1.96. The van der Waals surface area contributed by atoms with Crippen LogP contribution in [0.1, 0.15) is 32.3 Å². The van der Waals surface area contributed by atoms with Crippen LogP contribution in [0.5, 0.6) is 0 Å². The molecule has 0 saturated carbocycles. The van der Waals surface area contributed by atoms with Crippen molar-refractivity contribution in [1.82, 2.24) is 9.55 Å². The van der Waals surface area contributed by atoms with Crippen LogP contribution in [0.15, 0.2) is 0 Å². The van der Waals surface area contributed by atoms with Gasteiger partial charge in [0, 0.05) is 12.5 Å². The molecule has 1 aromatic heterocycles. The van der Waals surface area contributed by atoms with E-state index in [0.29, 0.717) is 0 Å². The largest absolute Gasteiger partial charge is 0.322 e. The summed E-state index contributed by atoms with van der Waals surface area (Å²) in [5, 5.41) is 0.750. The van der Waals surface area contributed by atoms with Gasteiger partial charge in [-0.2, -0.15) is 0 Å². The normalized spacial score (nSPS) is 12.2. The second-order valence-corrected chi connectivity index (χ2v) is 4.47. The highest BCUT2D eigenvalue weighted by Gasteiger charge is 2.22. The quantitative estimate of drug-likeness (QED) is 0.609. The molecule has 1 heterocycles. The molecule has 68 valence electrons. The third kappa shape index (κ3) is 1.48.